The van der Waals surface area contributed by atoms with Crippen LogP contribution in [0, 0.1) is 0 Å². The molecule has 0 spiro atoms. The maximum Gasteiger partial charge on any atom is 0.118 e. The number of benzene rings is 1. The van der Waals surface area contributed by atoms with E-state index in [2.05, 4.69) is 21.0 Å². The van der Waals surface area contributed by atoms with Crippen LogP contribution in [0.15, 0.2) is 34.9 Å². The van der Waals surface area contributed by atoms with Gasteiger partial charge in [0, 0.05) is 12.5 Å². The molecule has 1 unspecified atom stereocenters. The molecule has 1 heterocycles. The SMILES string of the molecule is COc1ccc(CC(C)(O)c2c(Br)cnn2C(C)C)cc1. The van der Waals surface area contributed by atoms with Crippen LogP contribution in [0.1, 0.15) is 38.1 Å². The fourth-order valence-electron chi connectivity index (χ4n) is 2.46. The van der Waals surface area contributed by atoms with Crippen molar-refractivity contribution < 1.29 is 9.84 Å². The monoisotopic (exact) mass is 352 g/mol. The van der Waals surface area contributed by atoms with E-state index in [4.69, 9.17) is 4.74 Å². The topological polar surface area (TPSA) is 47.3 Å². The molecule has 0 aliphatic rings. The molecule has 1 aromatic heterocycles. The van der Waals surface area contributed by atoms with E-state index < -0.39 is 5.60 Å². The Morgan fingerprint density at radius 2 is 1.95 bits per heavy atom. The molecular formula is C16H21BrN2O2. The van der Waals surface area contributed by atoms with Gasteiger partial charge in [0.15, 0.2) is 0 Å². The Bertz CT molecular complexity index is 603. The molecule has 2 rings (SSSR count). The fraction of sp³-hybridized carbons (Fsp3) is 0.438. The fourth-order valence-corrected chi connectivity index (χ4v) is 3.16. The van der Waals surface area contributed by atoms with E-state index in [9.17, 15) is 5.11 Å². The standard InChI is InChI=1S/C16H21BrN2O2/c1-11(2)19-15(14(17)10-18-19)16(3,20)9-12-5-7-13(21-4)8-6-12/h5-8,10-11,20H,9H2,1-4H3. The summed E-state index contributed by atoms with van der Waals surface area (Å²) in [6, 6.07) is 7.93. The molecule has 0 radical (unpaired) electrons. The molecule has 1 N–H and O–H groups in total. The smallest absolute Gasteiger partial charge is 0.118 e. The molecule has 0 fully saturated rings. The van der Waals surface area contributed by atoms with E-state index in [0.29, 0.717) is 6.42 Å². The largest absolute Gasteiger partial charge is 0.497 e. The Morgan fingerprint density at radius 1 is 1.33 bits per heavy atom. The van der Waals surface area contributed by atoms with Gasteiger partial charge in [-0.3, -0.25) is 4.68 Å². The van der Waals surface area contributed by atoms with Crippen molar-refractivity contribution >= 4 is 15.9 Å². The summed E-state index contributed by atoms with van der Waals surface area (Å²) >= 11 is 3.49. The first-order valence-corrected chi connectivity index (χ1v) is 7.73. The number of rotatable bonds is 5. The van der Waals surface area contributed by atoms with Crippen molar-refractivity contribution in [2.24, 2.45) is 0 Å². The molecule has 0 aliphatic carbocycles. The molecule has 114 valence electrons. The third kappa shape index (κ3) is 3.47. The first-order valence-electron chi connectivity index (χ1n) is 6.94. The lowest BCUT2D eigenvalue weighted by Crippen LogP contribution is -2.29. The Hall–Kier alpha value is -1.33. The number of aliphatic hydroxyl groups is 1. The second-order valence-corrected chi connectivity index (χ2v) is 6.53. The van der Waals surface area contributed by atoms with Crippen LogP contribution in [0.25, 0.3) is 0 Å². The number of ether oxygens (including phenoxy) is 1. The molecule has 0 aliphatic heterocycles. The van der Waals surface area contributed by atoms with E-state index in [1.54, 1.807) is 13.3 Å². The van der Waals surface area contributed by atoms with Crippen LogP contribution >= 0.6 is 15.9 Å². The minimum absolute atomic E-state index is 0.189. The predicted octanol–water partition coefficient (Wildman–Crippen LogP) is 3.69. The molecule has 5 heteroatoms. The summed E-state index contributed by atoms with van der Waals surface area (Å²) < 4.78 is 7.84. The number of hydrogen-bond acceptors (Lipinski definition) is 3. The van der Waals surface area contributed by atoms with Gasteiger partial charge in [-0.25, -0.2) is 0 Å². The zero-order chi connectivity index (χ0) is 15.6. The molecule has 0 bridgehead atoms. The van der Waals surface area contributed by atoms with Crippen molar-refractivity contribution in [2.75, 3.05) is 7.11 Å². The molecule has 4 nitrogen and oxygen atoms in total. The molecule has 0 amide bonds. The van der Waals surface area contributed by atoms with E-state index >= 15 is 0 Å². The van der Waals surface area contributed by atoms with Crippen LogP contribution in [-0.4, -0.2) is 22.0 Å². The normalized spacial score (nSPS) is 14.2. The molecule has 0 saturated carbocycles. The van der Waals surface area contributed by atoms with Gasteiger partial charge in [-0.15, -0.1) is 0 Å². The van der Waals surface area contributed by atoms with Crippen LogP contribution < -0.4 is 4.74 Å². The Morgan fingerprint density at radius 3 is 2.48 bits per heavy atom. The highest BCUT2D eigenvalue weighted by Gasteiger charge is 2.31. The number of aromatic nitrogens is 2. The third-order valence-corrected chi connectivity index (χ3v) is 4.04. The van der Waals surface area contributed by atoms with Crippen molar-refractivity contribution in [3.05, 3.63) is 46.2 Å². The summed E-state index contributed by atoms with van der Waals surface area (Å²) in [6.07, 6.45) is 2.24. The van der Waals surface area contributed by atoms with Gasteiger partial charge in [0.2, 0.25) is 0 Å². The summed E-state index contributed by atoms with van der Waals surface area (Å²) in [7, 11) is 1.64. The van der Waals surface area contributed by atoms with Crippen molar-refractivity contribution in [1.82, 2.24) is 9.78 Å². The molecule has 0 saturated heterocycles. The first kappa shape index (κ1) is 16.0. The van der Waals surface area contributed by atoms with Gasteiger partial charge in [-0.2, -0.15) is 5.10 Å². The van der Waals surface area contributed by atoms with Gasteiger partial charge in [0.25, 0.3) is 0 Å². The summed E-state index contributed by atoms with van der Waals surface area (Å²) in [5.41, 5.74) is 0.839. The highest BCUT2D eigenvalue weighted by atomic mass is 79.9. The van der Waals surface area contributed by atoms with E-state index in [-0.39, 0.29) is 6.04 Å². The van der Waals surface area contributed by atoms with Gasteiger partial charge >= 0.3 is 0 Å². The number of nitrogens with zero attached hydrogens (tertiary/aromatic N) is 2. The molecule has 1 atom stereocenters. The quantitative estimate of drug-likeness (QED) is 0.892. The molecule has 1 aromatic carbocycles. The highest BCUT2D eigenvalue weighted by Crippen LogP contribution is 2.33. The second-order valence-electron chi connectivity index (χ2n) is 5.68. The Balaban J connectivity index is 2.31. The number of methoxy groups -OCH3 is 1. The van der Waals surface area contributed by atoms with Crippen LogP contribution in [0.2, 0.25) is 0 Å². The van der Waals surface area contributed by atoms with Gasteiger partial charge < -0.3 is 9.84 Å². The summed E-state index contributed by atoms with van der Waals surface area (Å²) in [6.45, 7) is 5.91. The van der Waals surface area contributed by atoms with E-state index in [0.717, 1.165) is 21.5 Å². The average molecular weight is 353 g/mol. The van der Waals surface area contributed by atoms with Crippen LogP contribution in [-0.2, 0) is 12.0 Å². The van der Waals surface area contributed by atoms with E-state index in [1.807, 2.05) is 49.7 Å². The van der Waals surface area contributed by atoms with Gasteiger partial charge in [-0.1, -0.05) is 12.1 Å². The van der Waals surface area contributed by atoms with Crippen molar-refractivity contribution in [3.8, 4) is 5.75 Å². The Kier molecular flexibility index (Phi) is 4.74. The van der Waals surface area contributed by atoms with Crippen molar-refractivity contribution in [1.29, 1.82) is 0 Å². The number of halogens is 1. The summed E-state index contributed by atoms with van der Waals surface area (Å²) in [4.78, 5) is 0. The average Bonchev–Trinajstić information content (AvgIpc) is 2.82. The van der Waals surface area contributed by atoms with Gasteiger partial charge in [0.05, 0.1) is 23.5 Å². The zero-order valence-electron chi connectivity index (χ0n) is 12.8. The van der Waals surface area contributed by atoms with Crippen LogP contribution in [0.5, 0.6) is 5.75 Å². The van der Waals surface area contributed by atoms with Crippen LogP contribution in [0.3, 0.4) is 0 Å². The zero-order valence-corrected chi connectivity index (χ0v) is 14.4. The minimum Gasteiger partial charge on any atom is -0.497 e. The van der Waals surface area contributed by atoms with Crippen molar-refractivity contribution in [2.45, 2.75) is 38.8 Å². The summed E-state index contributed by atoms with van der Waals surface area (Å²) in [5, 5.41) is 15.3. The predicted molar refractivity (Wildman–Crippen MR) is 86.6 cm³/mol. The van der Waals surface area contributed by atoms with Crippen molar-refractivity contribution in [3.63, 3.8) is 0 Å². The Labute approximate surface area is 133 Å². The van der Waals surface area contributed by atoms with E-state index in [1.165, 1.54) is 0 Å². The molecule has 21 heavy (non-hydrogen) atoms. The maximum atomic E-state index is 10.9. The van der Waals surface area contributed by atoms with Crippen LogP contribution in [0.4, 0.5) is 0 Å². The minimum atomic E-state index is -1.01. The first-order chi connectivity index (χ1) is 9.85. The molecule has 2 aromatic rings. The lowest BCUT2D eigenvalue weighted by atomic mass is 9.93. The number of hydrogen-bond donors (Lipinski definition) is 1. The van der Waals surface area contributed by atoms with Gasteiger partial charge in [-0.05, 0) is 54.4 Å². The lowest BCUT2D eigenvalue weighted by Gasteiger charge is -2.26. The highest BCUT2D eigenvalue weighted by molar-refractivity contribution is 9.10. The third-order valence-electron chi connectivity index (χ3n) is 3.46. The molecular weight excluding hydrogens is 332 g/mol. The summed E-state index contributed by atoms with van der Waals surface area (Å²) in [5.74, 6) is 0.812. The van der Waals surface area contributed by atoms with Gasteiger partial charge in [0.1, 0.15) is 11.4 Å². The lowest BCUT2D eigenvalue weighted by molar-refractivity contribution is 0.0458. The maximum absolute atomic E-state index is 10.9. The second kappa shape index (κ2) is 6.20.